The minimum atomic E-state index is -4.62. The maximum absolute atomic E-state index is 10.9. The van der Waals surface area contributed by atoms with Crippen molar-refractivity contribution in [1.29, 1.82) is 0 Å². The van der Waals surface area contributed by atoms with Crippen LogP contribution >= 0.6 is 19.4 Å². The first-order chi connectivity index (χ1) is 6.79. The van der Waals surface area contributed by atoms with Gasteiger partial charge in [-0.3, -0.25) is 14.6 Å². The molecule has 0 aliphatic rings. The number of rotatable bonds is 3. The molecule has 0 saturated carbocycles. The molecule has 0 radical (unpaired) electrons. The van der Waals surface area contributed by atoms with E-state index >= 15 is 0 Å². The molecule has 0 aromatic heterocycles. The van der Waals surface area contributed by atoms with Crippen LogP contribution in [0, 0.1) is 0 Å². The molecular formula is C8H8ClO5P. The number of benzene rings is 1. The fraction of sp³-hybridized carbons (Fsp3) is 0.125. The van der Waals surface area contributed by atoms with E-state index in [1.54, 1.807) is 0 Å². The molecule has 7 heteroatoms. The number of phosphoric acid groups is 1. The SMILES string of the molecule is CC(=O)c1ccc(OP(=O)(O)O)c(Cl)c1. The van der Waals surface area contributed by atoms with Crippen LogP contribution in [-0.4, -0.2) is 15.6 Å². The highest BCUT2D eigenvalue weighted by molar-refractivity contribution is 7.46. The lowest BCUT2D eigenvalue weighted by atomic mass is 10.1. The second-order valence-corrected chi connectivity index (χ2v) is 4.35. The van der Waals surface area contributed by atoms with Crippen LogP contribution in [-0.2, 0) is 4.57 Å². The number of Topliss-reactive ketones (excluding diaryl/α,β-unsaturated/α-hetero) is 1. The van der Waals surface area contributed by atoms with Crippen LogP contribution in [0.15, 0.2) is 18.2 Å². The summed E-state index contributed by atoms with van der Waals surface area (Å²) in [4.78, 5) is 28.0. The summed E-state index contributed by atoms with van der Waals surface area (Å²) in [5, 5.41) is -0.0222. The van der Waals surface area contributed by atoms with E-state index in [4.69, 9.17) is 21.4 Å². The van der Waals surface area contributed by atoms with E-state index in [0.717, 1.165) is 0 Å². The highest BCUT2D eigenvalue weighted by atomic mass is 35.5. The number of ketones is 1. The Morgan fingerprint density at radius 2 is 2.07 bits per heavy atom. The van der Waals surface area contributed by atoms with Crippen molar-refractivity contribution < 1.29 is 23.7 Å². The number of hydrogen-bond acceptors (Lipinski definition) is 3. The molecule has 0 unspecified atom stereocenters. The van der Waals surface area contributed by atoms with E-state index in [1.807, 2.05) is 0 Å². The van der Waals surface area contributed by atoms with Gasteiger partial charge in [-0.15, -0.1) is 0 Å². The Kier molecular flexibility index (Phi) is 3.52. The Morgan fingerprint density at radius 1 is 1.47 bits per heavy atom. The molecular weight excluding hydrogens is 243 g/mol. The van der Waals surface area contributed by atoms with Crippen molar-refractivity contribution >= 4 is 25.2 Å². The molecule has 0 atom stereocenters. The number of halogens is 1. The second kappa shape index (κ2) is 4.33. The molecule has 1 aromatic carbocycles. The van der Waals surface area contributed by atoms with E-state index in [1.165, 1.54) is 25.1 Å². The van der Waals surface area contributed by atoms with Gasteiger partial charge in [0.05, 0.1) is 5.02 Å². The zero-order valence-electron chi connectivity index (χ0n) is 7.68. The Labute approximate surface area is 90.9 Å². The van der Waals surface area contributed by atoms with Crippen LogP contribution < -0.4 is 4.52 Å². The molecule has 82 valence electrons. The van der Waals surface area contributed by atoms with Gasteiger partial charge in [-0.2, -0.15) is 0 Å². The number of carbonyl (C=O) groups is 1. The average Bonchev–Trinajstić information content (AvgIpc) is 2.05. The third-order valence-corrected chi connectivity index (χ3v) is 2.29. The van der Waals surface area contributed by atoms with Crippen LogP contribution in [0.2, 0.25) is 5.02 Å². The molecule has 0 heterocycles. The lowest BCUT2D eigenvalue weighted by Crippen LogP contribution is -1.94. The minimum absolute atomic E-state index is 0.0222. The first kappa shape index (κ1) is 12.2. The Hall–Kier alpha value is -0.870. The van der Waals surface area contributed by atoms with Gasteiger partial charge >= 0.3 is 7.82 Å². The molecule has 1 rings (SSSR count). The van der Waals surface area contributed by atoms with E-state index in [2.05, 4.69) is 4.52 Å². The maximum Gasteiger partial charge on any atom is 0.524 e. The van der Waals surface area contributed by atoms with Crippen LogP contribution in [0.4, 0.5) is 0 Å². The predicted octanol–water partition coefficient (Wildman–Crippen LogP) is 2.01. The number of phosphoric ester groups is 1. The molecule has 0 amide bonds. The van der Waals surface area contributed by atoms with E-state index < -0.39 is 7.82 Å². The first-order valence-electron chi connectivity index (χ1n) is 3.85. The zero-order chi connectivity index (χ0) is 11.6. The maximum atomic E-state index is 10.9. The third-order valence-electron chi connectivity index (χ3n) is 1.56. The van der Waals surface area contributed by atoms with Gasteiger partial charge in [-0.1, -0.05) is 11.6 Å². The second-order valence-electron chi connectivity index (χ2n) is 2.78. The molecule has 1 aromatic rings. The molecule has 0 bridgehead atoms. The van der Waals surface area contributed by atoms with Crippen molar-refractivity contribution in [1.82, 2.24) is 0 Å². The van der Waals surface area contributed by atoms with Gasteiger partial charge in [-0.25, -0.2) is 4.57 Å². The van der Waals surface area contributed by atoms with E-state index in [-0.39, 0.29) is 16.6 Å². The van der Waals surface area contributed by atoms with E-state index in [0.29, 0.717) is 5.56 Å². The van der Waals surface area contributed by atoms with Crippen LogP contribution in [0.25, 0.3) is 0 Å². The van der Waals surface area contributed by atoms with Gasteiger partial charge < -0.3 is 4.52 Å². The minimum Gasteiger partial charge on any atom is -0.403 e. The molecule has 0 aliphatic carbocycles. The normalized spacial score (nSPS) is 11.2. The summed E-state index contributed by atoms with van der Waals surface area (Å²) in [6, 6.07) is 3.90. The van der Waals surface area contributed by atoms with Crippen molar-refractivity contribution in [3.8, 4) is 5.75 Å². The molecule has 0 fully saturated rings. The molecule has 0 aliphatic heterocycles. The third kappa shape index (κ3) is 3.64. The lowest BCUT2D eigenvalue weighted by molar-refractivity contribution is 0.101. The monoisotopic (exact) mass is 250 g/mol. The molecule has 2 N–H and O–H groups in total. The number of carbonyl (C=O) groups excluding carboxylic acids is 1. The Bertz CT molecular complexity index is 439. The molecule has 15 heavy (non-hydrogen) atoms. The topological polar surface area (TPSA) is 83.8 Å². The fourth-order valence-corrected chi connectivity index (χ4v) is 1.61. The Balaban J connectivity index is 3.04. The quantitative estimate of drug-likeness (QED) is 0.633. The smallest absolute Gasteiger partial charge is 0.403 e. The lowest BCUT2D eigenvalue weighted by Gasteiger charge is -2.08. The summed E-state index contributed by atoms with van der Waals surface area (Å²) < 4.78 is 14.8. The van der Waals surface area contributed by atoms with Crippen LogP contribution in [0.1, 0.15) is 17.3 Å². The van der Waals surface area contributed by atoms with Gasteiger partial charge in [0, 0.05) is 5.56 Å². The summed E-state index contributed by atoms with van der Waals surface area (Å²) >= 11 is 5.66. The fourth-order valence-electron chi connectivity index (χ4n) is 0.922. The molecule has 0 spiro atoms. The molecule has 5 nitrogen and oxygen atoms in total. The van der Waals surface area contributed by atoms with Crippen molar-refractivity contribution in [2.45, 2.75) is 6.92 Å². The van der Waals surface area contributed by atoms with Crippen LogP contribution in [0.5, 0.6) is 5.75 Å². The molecule has 0 saturated heterocycles. The van der Waals surface area contributed by atoms with Crippen LogP contribution in [0.3, 0.4) is 0 Å². The highest BCUT2D eigenvalue weighted by Gasteiger charge is 2.18. The van der Waals surface area contributed by atoms with Crippen molar-refractivity contribution in [2.75, 3.05) is 0 Å². The van der Waals surface area contributed by atoms with Gasteiger partial charge in [0.25, 0.3) is 0 Å². The highest BCUT2D eigenvalue weighted by Crippen LogP contribution is 2.40. The summed E-state index contributed by atoms with van der Waals surface area (Å²) in [6.07, 6.45) is 0. The summed E-state index contributed by atoms with van der Waals surface area (Å²) in [6.45, 7) is 1.36. The summed E-state index contributed by atoms with van der Waals surface area (Å²) in [5.74, 6) is -0.352. The largest absolute Gasteiger partial charge is 0.524 e. The summed E-state index contributed by atoms with van der Waals surface area (Å²) in [7, 11) is -4.62. The standard InChI is InChI=1S/C8H8ClO5P/c1-5(10)6-2-3-8(7(9)4-6)14-15(11,12)13/h2-4H,1H3,(H2,11,12,13). The van der Waals surface area contributed by atoms with Crippen molar-refractivity contribution in [2.24, 2.45) is 0 Å². The van der Waals surface area contributed by atoms with Gasteiger partial charge in [-0.05, 0) is 25.1 Å². The van der Waals surface area contributed by atoms with Crippen molar-refractivity contribution in [3.05, 3.63) is 28.8 Å². The Morgan fingerprint density at radius 3 is 2.47 bits per heavy atom. The van der Waals surface area contributed by atoms with E-state index in [9.17, 15) is 9.36 Å². The van der Waals surface area contributed by atoms with Gasteiger partial charge in [0.1, 0.15) is 5.75 Å². The summed E-state index contributed by atoms with van der Waals surface area (Å²) in [5.41, 5.74) is 0.345. The van der Waals surface area contributed by atoms with Gasteiger partial charge in [0.2, 0.25) is 0 Å². The van der Waals surface area contributed by atoms with Gasteiger partial charge in [0.15, 0.2) is 5.78 Å². The predicted molar refractivity (Wildman–Crippen MR) is 54.1 cm³/mol. The van der Waals surface area contributed by atoms with Crippen molar-refractivity contribution in [3.63, 3.8) is 0 Å². The zero-order valence-corrected chi connectivity index (χ0v) is 9.33. The number of hydrogen-bond donors (Lipinski definition) is 2. The average molecular weight is 251 g/mol. The first-order valence-corrected chi connectivity index (χ1v) is 5.76.